The van der Waals surface area contributed by atoms with E-state index in [4.69, 9.17) is 5.11 Å². The molecule has 14 nitrogen and oxygen atoms in total. The zero-order valence-corrected chi connectivity index (χ0v) is 31.9. The molecule has 1 aromatic carbocycles. The lowest BCUT2D eigenvalue weighted by atomic mass is 9.81. The van der Waals surface area contributed by atoms with E-state index in [1.807, 2.05) is 36.4 Å². The largest absolute Gasteiger partial charge is 0.465 e. The van der Waals surface area contributed by atoms with Gasteiger partial charge in [0.1, 0.15) is 12.1 Å². The summed E-state index contributed by atoms with van der Waals surface area (Å²) in [4.78, 5) is 71.1. The molecule has 5 amide bonds. The van der Waals surface area contributed by atoms with E-state index in [1.165, 1.54) is 12.7 Å². The van der Waals surface area contributed by atoms with Crippen LogP contribution in [0, 0.1) is 17.8 Å². The number of rotatable bonds is 24. The maximum absolute atomic E-state index is 14.2. The summed E-state index contributed by atoms with van der Waals surface area (Å²) in [6.45, 7) is 8.43. The van der Waals surface area contributed by atoms with Gasteiger partial charge in [0.05, 0.1) is 18.5 Å². The van der Waals surface area contributed by atoms with Crippen molar-refractivity contribution in [2.45, 2.75) is 122 Å². The van der Waals surface area contributed by atoms with Gasteiger partial charge in [0, 0.05) is 50.7 Å². The van der Waals surface area contributed by atoms with Crippen LogP contribution in [-0.2, 0) is 32.0 Å². The average Bonchev–Trinajstić information content (AvgIpc) is 3.66. The van der Waals surface area contributed by atoms with Crippen molar-refractivity contribution in [1.82, 2.24) is 36.6 Å². The molecule has 14 heteroatoms. The lowest BCUT2D eigenvalue weighted by Gasteiger charge is -2.33. The number of H-pyrrole nitrogens is 1. The number of carboxylic acid groups (broad SMARTS) is 1. The van der Waals surface area contributed by atoms with Gasteiger partial charge in [0.2, 0.25) is 23.6 Å². The third kappa shape index (κ3) is 16.5. The van der Waals surface area contributed by atoms with Crippen molar-refractivity contribution in [1.29, 1.82) is 0 Å². The zero-order chi connectivity index (χ0) is 39.3. The summed E-state index contributed by atoms with van der Waals surface area (Å²) in [5, 5.41) is 33.9. The van der Waals surface area contributed by atoms with E-state index in [-0.39, 0.29) is 56.5 Å². The fourth-order valence-corrected chi connectivity index (χ4v) is 6.89. The highest BCUT2D eigenvalue weighted by molar-refractivity contribution is 5.92. The number of aromatic amines is 1. The van der Waals surface area contributed by atoms with Gasteiger partial charge < -0.3 is 41.8 Å². The predicted molar refractivity (Wildman–Crippen MR) is 206 cm³/mol. The minimum atomic E-state index is -1.12. The van der Waals surface area contributed by atoms with Crippen molar-refractivity contribution in [3.63, 3.8) is 0 Å². The molecule has 2 aromatic rings. The van der Waals surface area contributed by atoms with Gasteiger partial charge in [-0.05, 0) is 49.0 Å². The average molecular weight is 752 g/mol. The maximum atomic E-state index is 14.2. The number of aromatic nitrogens is 2. The molecule has 0 unspecified atom stereocenters. The number of carbonyl (C=O) groups excluding carboxylic acids is 4. The Balaban J connectivity index is 1.72. The molecule has 0 bridgehead atoms. The van der Waals surface area contributed by atoms with Crippen LogP contribution in [0.15, 0.2) is 55.5 Å². The van der Waals surface area contributed by atoms with Crippen LogP contribution in [0.1, 0.15) is 95.7 Å². The van der Waals surface area contributed by atoms with Crippen molar-refractivity contribution in [2.24, 2.45) is 17.8 Å². The molecular formula is C40H61N7O7. The number of carbonyl (C=O) groups is 5. The Morgan fingerprint density at radius 1 is 0.889 bits per heavy atom. The third-order valence-electron chi connectivity index (χ3n) is 10.1. The van der Waals surface area contributed by atoms with Crippen molar-refractivity contribution in [2.75, 3.05) is 13.1 Å². The summed E-state index contributed by atoms with van der Waals surface area (Å²) >= 11 is 0. The molecule has 1 aromatic heterocycles. The van der Waals surface area contributed by atoms with Crippen LogP contribution in [-0.4, -0.2) is 87.2 Å². The van der Waals surface area contributed by atoms with Crippen molar-refractivity contribution >= 4 is 29.7 Å². The number of nitrogens with one attached hydrogen (secondary N) is 6. The number of allylic oxidation sites excluding steroid dienone is 1. The topological polar surface area (TPSA) is 215 Å². The van der Waals surface area contributed by atoms with E-state index in [1.54, 1.807) is 6.20 Å². The van der Waals surface area contributed by atoms with Gasteiger partial charge in [-0.1, -0.05) is 82.4 Å². The van der Waals surface area contributed by atoms with Crippen molar-refractivity contribution in [3.8, 4) is 0 Å². The van der Waals surface area contributed by atoms with E-state index < -0.39 is 48.0 Å². The number of nitrogens with zero attached hydrogens (tertiary/aromatic N) is 1. The van der Waals surface area contributed by atoms with E-state index in [0.29, 0.717) is 37.3 Å². The zero-order valence-electron chi connectivity index (χ0n) is 31.9. The first-order valence-electron chi connectivity index (χ1n) is 19.4. The Kier molecular flexibility index (Phi) is 19.3. The van der Waals surface area contributed by atoms with E-state index in [9.17, 15) is 29.1 Å². The molecule has 1 heterocycles. The molecule has 298 valence electrons. The number of amides is 5. The van der Waals surface area contributed by atoms with Crippen molar-refractivity contribution < 1.29 is 34.2 Å². The molecule has 3 rings (SSSR count). The first kappa shape index (κ1) is 43.7. The smallest absolute Gasteiger partial charge is 0.404 e. The molecule has 5 atom stereocenters. The standard InChI is InChI=1S/C40H61N7O7/c1-4-30(27(2)3)23-35(48)32(21-28-13-7-5-8-14-28)46-39(52)34(24-31-25-41-26-44-31)47-38(51)33(22-29-15-9-6-10-16-29)45-37(50)18-20-42-36(49)17-11-12-19-43-40(53)54/h4,6,9-10,15-16,25-28,30,32-35,43,48H,1,5,7-8,11-14,17-24H2,2-3H3,(H,41,44)(H,42,49)(H,45,50)(H,46,52)(H,47,51)(H,53,54)/t30-,32-,33-,34-,35-/m0/s1. The van der Waals surface area contributed by atoms with Gasteiger partial charge in [-0.3, -0.25) is 19.2 Å². The molecule has 1 aliphatic carbocycles. The van der Waals surface area contributed by atoms with Crippen molar-refractivity contribution in [3.05, 3.63) is 66.8 Å². The molecule has 1 saturated carbocycles. The molecule has 0 saturated heterocycles. The molecule has 0 spiro atoms. The second-order valence-corrected chi connectivity index (χ2v) is 14.7. The Bertz CT molecular complexity index is 1450. The van der Waals surface area contributed by atoms with Crippen LogP contribution in [0.25, 0.3) is 0 Å². The number of hydrogen-bond donors (Lipinski definition) is 8. The molecular weight excluding hydrogens is 690 g/mol. The summed E-state index contributed by atoms with van der Waals surface area (Å²) in [6.07, 6.45) is 11.0. The van der Waals surface area contributed by atoms with Crippen LogP contribution in [0.3, 0.4) is 0 Å². The van der Waals surface area contributed by atoms with Gasteiger partial charge >= 0.3 is 6.09 Å². The van der Waals surface area contributed by atoms with E-state index >= 15 is 0 Å². The number of aliphatic hydroxyl groups excluding tert-OH is 1. The molecule has 1 aliphatic rings. The monoisotopic (exact) mass is 751 g/mol. The third-order valence-corrected chi connectivity index (χ3v) is 10.1. The molecule has 54 heavy (non-hydrogen) atoms. The van der Waals surface area contributed by atoms with Gasteiger partial charge in [-0.25, -0.2) is 9.78 Å². The Morgan fingerprint density at radius 3 is 2.24 bits per heavy atom. The minimum Gasteiger partial charge on any atom is -0.465 e. The minimum absolute atomic E-state index is 0.0524. The fourth-order valence-electron chi connectivity index (χ4n) is 6.89. The predicted octanol–water partition coefficient (Wildman–Crippen LogP) is 3.77. The molecule has 8 N–H and O–H groups in total. The Hall–Kier alpha value is -4.72. The summed E-state index contributed by atoms with van der Waals surface area (Å²) in [5.74, 6) is -1.01. The lowest BCUT2D eigenvalue weighted by molar-refractivity contribution is -0.132. The summed E-state index contributed by atoms with van der Waals surface area (Å²) in [5.41, 5.74) is 1.43. The van der Waals surface area contributed by atoms with Gasteiger partial charge in [-0.15, -0.1) is 6.58 Å². The maximum Gasteiger partial charge on any atom is 0.404 e. The number of unbranched alkanes of at least 4 members (excludes halogenated alkanes) is 1. The second-order valence-electron chi connectivity index (χ2n) is 14.7. The lowest BCUT2D eigenvalue weighted by Crippen LogP contribution is -2.57. The normalized spacial score (nSPS) is 15.9. The number of aliphatic hydroxyl groups is 1. The highest BCUT2D eigenvalue weighted by Gasteiger charge is 2.33. The van der Waals surface area contributed by atoms with Gasteiger partial charge in [0.15, 0.2) is 0 Å². The highest BCUT2D eigenvalue weighted by Crippen LogP contribution is 2.30. The number of benzene rings is 1. The van der Waals surface area contributed by atoms with E-state index in [0.717, 1.165) is 31.2 Å². The summed E-state index contributed by atoms with van der Waals surface area (Å²) in [6, 6.07) is 6.61. The number of imidazole rings is 1. The fraction of sp³-hybridized carbons (Fsp3) is 0.600. The quantitative estimate of drug-likeness (QED) is 0.0583. The van der Waals surface area contributed by atoms with Crippen LogP contribution in [0.5, 0.6) is 0 Å². The van der Waals surface area contributed by atoms with Crippen LogP contribution >= 0.6 is 0 Å². The summed E-state index contributed by atoms with van der Waals surface area (Å²) in [7, 11) is 0. The van der Waals surface area contributed by atoms with Gasteiger partial charge in [-0.2, -0.15) is 0 Å². The first-order chi connectivity index (χ1) is 25.9. The van der Waals surface area contributed by atoms with Gasteiger partial charge in [0.25, 0.3) is 0 Å². The number of hydrogen-bond acceptors (Lipinski definition) is 7. The van der Waals surface area contributed by atoms with E-state index in [2.05, 4.69) is 57.0 Å². The Labute approximate surface area is 319 Å². The first-order valence-corrected chi connectivity index (χ1v) is 19.4. The molecule has 0 radical (unpaired) electrons. The Morgan fingerprint density at radius 2 is 1.59 bits per heavy atom. The van der Waals surface area contributed by atoms with Crippen LogP contribution < -0.4 is 26.6 Å². The molecule has 0 aliphatic heterocycles. The SMILES string of the molecule is C=C[C@@H](C[C@H](O)[C@H](CC1CCCCC1)NC(=O)[C@H](Cc1cnc[nH]1)NC(=O)[C@H](Cc1ccccc1)NC(=O)CCNC(=O)CCCCNC(=O)O)C(C)C. The van der Waals surface area contributed by atoms with Crippen LogP contribution in [0.2, 0.25) is 0 Å². The highest BCUT2D eigenvalue weighted by atomic mass is 16.4. The molecule has 1 fully saturated rings. The second kappa shape index (κ2) is 23.8. The van der Waals surface area contributed by atoms with Crippen LogP contribution in [0.4, 0.5) is 4.79 Å². The summed E-state index contributed by atoms with van der Waals surface area (Å²) < 4.78 is 0.